The van der Waals surface area contributed by atoms with E-state index in [2.05, 4.69) is 10.6 Å². The van der Waals surface area contributed by atoms with Crippen LogP contribution in [0.25, 0.3) is 0 Å². The molecule has 0 spiro atoms. The van der Waals surface area contributed by atoms with Gasteiger partial charge >= 0.3 is 6.09 Å². The second-order valence-corrected chi connectivity index (χ2v) is 14.0. The highest BCUT2D eigenvalue weighted by Crippen LogP contribution is 2.55. The molecule has 2 atom stereocenters. The summed E-state index contributed by atoms with van der Waals surface area (Å²) >= 11 is 1.61. The highest BCUT2D eigenvalue weighted by molar-refractivity contribution is 7.98. The van der Waals surface area contributed by atoms with Gasteiger partial charge in [0.15, 0.2) is 0 Å². The standard InChI is InChI=1S/C31H46N4O5S/c1-31(2,3)40-30(39)34-29(38)25(17-19-8-6-5-7-9-19)35(26(36)18-33-28(37)24(32)10-11-41-4)27-22-13-20-12-21(15-22)16-23(27)14-20/h5-9,20-25,27H,10-18,32H2,1-4H3,(H,33,37)(H,34,38,39)/t20?,21?,22?,23?,24-,25+,27?/m1/s1. The molecule has 1 aromatic rings. The molecule has 4 fully saturated rings. The summed E-state index contributed by atoms with van der Waals surface area (Å²) < 4.78 is 5.38. The molecule has 4 aliphatic rings. The van der Waals surface area contributed by atoms with Crippen molar-refractivity contribution in [2.24, 2.45) is 29.4 Å². The first kappa shape index (κ1) is 31.3. The Morgan fingerprint density at radius 1 is 1.00 bits per heavy atom. The molecule has 10 heteroatoms. The lowest BCUT2D eigenvalue weighted by atomic mass is 9.53. The van der Waals surface area contributed by atoms with E-state index in [-0.39, 0.29) is 30.8 Å². The summed E-state index contributed by atoms with van der Waals surface area (Å²) in [5.41, 5.74) is 6.15. The van der Waals surface area contributed by atoms with Crippen LogP contribution in [-0.4, -0.2) is 71.0 Å². The molecular weight excluding hydrogens is 540 g/mol. The number of amides is 4. The van der Waals surface area contributed by atoms with Crippen LogP contribution in [0.1, 0.15) is 64.9 Å². The van der Waals surface area contributed by atoms with E-state index >= 15 is 0 Å². The molecule has 9 nitrogen and oxygen atoms in total. The van der Waals surface area contributed by atoms with E-state index in [1.165, 1.54) is 6.42 Å². The first-order valence-corrected chi connectivity index (χ1v) is 16.3. The van der Waals surface area contributed by atoms with Crippen molar-refractivity contribution in [3.05, 3.63) is 35.9 Å². The van der Waals surface area contributed by atoms with Gasteiger partial charge in [-0.05, 0) is 101 Å². The number of benzene rings is 1. The average Bonchev–Trinajstić information content (AvgIpc) is 2.90. The Balaban J connectivity index is 1.63. The second kappa shape index (κ2) is 13.6. The summed E-state index contributed by atoms with van der Waals surface area (Å²) in [4.78, 5) is 55.1. The average molecular weight is 587 g/mol. The van der Waals surface area contributed by atoms with Crippen LogP contribution in [0.15, 0.2) is 30.3 Å². The Labute approximate surface area is 248 Å². The summed E-state index contributed by atoms with van der Waals surface area (Å²) in [6.45, 7) is 4.94. The maximum Gasteiger partial charge on any atom is 0.414 e. The summed E-state index contributed by atoms with van der Waals surface area (Å²) in [5, 5.41) is 5.15. The van der Waals surface area contributed by atoms with Gasteiger partial charge < -0.3 is 20.7 Å². The molecule has 4 N–H and O–H groups in total. The van der Waals surface area contributed by atoms with Crippen molar-refractivity contribution in [3.8, 4) is 0 Å². The molecule has 0 heterocycles. The molecule has 4 aliphatic carbocycles. The van der Waals surface area contributed by atoms with Crippen molar-refractivity contribution in [1.82, 2.24) is 15.5 Å². The van der Waals surface area contributed by atoms with Gasteiger partial charge in [0.2, 0.25) is 11.8 Å². The SMILES string of the molecule is CSCC[C@@H](N)C(=O)NCC(=O)N(C1C2CC3CC(C2)CC1C3)[C@@H](Cc1ccccc1)C(=O)NC(=O)OC(C)(C)C. The molecule has 4 bridgehead atoms. The molecule has 1 aromatic carbocycles. The third-order valence-electron chi connectivity index (χ3n) is 8.70. The molecule has 0 radical (unpaired) electrons. The number of thioether (sulfide) groups is 1. The minimum atomic E-state index is -0.943. The number of hydrogen-bond acceptors (Lipinski definition) is 7. The van der Waals surface area contributed by atoms with Crippen molar-refractivity contribution in [1.29, 1.82) is 0 Å². The normalized spacial score (nSPS) is 26.1. The van der Waals surface area contributed by atoms with Crippen molar-refractivity contribution < 1.29 is 23.9 Å². The number of rotatable bonds is 11. The molecule has 41 heavy (non-hydrogen) atoms. The fraction of sp³-hybridized carbons (Fsp3) is 0.677. The fourth-order valence-electron chi connectivity index (χ4n) is 7.30. The molecule has 0 unspecified atom stereocenters. The van der Waals surface area contributed by atoms with Gasteiger partial charge in [-0.1, -0.05) is 30.3 Å². The molecule has 4 saturated carbocycles. The molecule has 226 valence electrons. The van der Waals surface area contributed by atoms with Gasteiger partial charge in [0, 0.05) is 12.5 Å². The van der Waals surface area contributed by atoms with Crippen LogP contribution in [0.5, 0.6) is 0 Å². The molecule has 5 rings (SSSR count). The van der Waals surface area contributed by atoms with E-state index in [0.717, 1.165) is 37.0 Å². The van der Waals surface area contributed by atoms with Gasteiger partial charge in [-0.25, -0.2) is 4.79 Å². The van der Waals surface area contributed by atoms with E-state index < -0.39 is 29.7 Å². The summed E-state index contributed by atoms with van der Waals surface area (Å²) in [6.07, 6.45) is 7.28. The highest BCUT2D eigenvalue weighted by Gasteiger charge is 2.53. The predicted molar refractivity (Wildman–Crippen MR) is 160 cm³/mol. The van der Waals surface area contributed by atoms with Crippen LogP contribution < -0.4 is 16.4 Å². The first-order chi connectivity index (χ1) is 19.4. The Kier molecular flexibility index (Phi) is 10.4. The van der Waals surface area contributed by atoms with Crippen LogP contribution >= 0.6 is 11.8 Å². The Hall–Kier alpha value is -2.59. The van der Waals surface area contributed by atoms with Crippen molar-refractivity contribution in [3.63, 3.8) is 0 Å². The van der Waals surface area contributed by atoms with E-state index in [4.69, 9.17) is 10.5 Å². The summed E-state index contributed by atoms with van der Waals surface area (Å²) in [6, 6.07) is 7.74. The lowest BCUT2D eigenvalue weighted by Gasteiger charge is -2.58. The Bertz CT molecular complexity index is 1060. The third-order valence-corrected chi connectivity index (χ3v) is 9.35. The Morgan fingerprint density at radius 3 is 2.17 bits per heavy atom. The molecular formula is C31H46N4O5S. The lowest BCUT2D eigenvalue weighted by molar-refractivity contribution is -0.154. The monoisotopic (exact) mass is 586 g/mol. The number of alkyl carbamates (subject to hydrolysis) is 1. The number of nitrogens with zero attached hydrogens (tertiary/aromatic N) is 1. The quantitative estimate of drug-likeness (QED) is 0.362. The molecule has 4 amide bonds. The Morgan fingerprint density at radius 2 is 1.61 bits per heavy atom. The van der Waals surface area contributed by atoms with E-state index in [1.54, 1.807) is 37.4 Å². The van der Waals surface area contributed by atoms with Crippen molar-refractivity contribution in [2.75, 3.05) is 18.6 Å². The summed E-state index contributed by atoms with van der Waals surface area (Å²) in [7, 11) is 0. The fourth-order valence-corrected chi connectivity index (χ4v) is 7.79. The number of imide groups is 1. The van der Waals surface area contributed by atoms with E-state index in [0.29, 0.717) is 30.1 Å². The zero-order chi connectivity index (χ0) is 29.7. The number of nitrogens with two attached hydrogens (primary N) is 1. The molecule has 0 saturated heterocycles. The maximum atomic E-state index is 14.1. The lowest BCUT2D eigenvalue weighted by Crippen LogP contribution is -2.64. The minimum absolute atomic E-state index is 0.129. The van der Waals surface area contributed by atoms with E-state index in [9.17, 15) is 19.2 Å². The topological polar surface area (TPSA) is 131 Å². The van der Waals surface area contributed by atoms with Crippen LogP contribution in [0.4, 0.5) is 4.79 Å². The van der Waals surface area contributed by atoms with Gasteiger partial charge in [-0.2, -0.15) is 11.8 Å². The number of carbonyl (C=O) groups is 4. The van der Waals surface area contributed by atoms with E-state index in [1.807, 2.05) is 36.6 Å². The molecule has 0 aliphatic heterocycles. The maximum absolute atomic E-state index is 14.1. The third kappa shape index (κ3) is 8.25. The highest BCUT2D eigenvalue weighted by atomic mass is 32.2. The number of nitrogens with one attached hydrogen (secondary N) is 2. The summed E-state index contributed by atoms with van der Waals surface area (Å²) in [5.74, 6) is 1.39. The number of hydrogen-bond donors (Lipinski definition) is 3. The van der Waals surface area contributed by atoms with Crippen LogP contribution in [0, 0.1) is 23.7 Å². The largest absolute Gasteiger partial charge is 0.444 e. The zero-order valence-electron chi connectivity index (χ0n) is 24.8. The zero-order valence-corrected chi connectivity index (χ0v) is 25.6. The van der Waals surface area contributed by atoms with Crippen molar-refractivity contribution >= 4 is 35.6 Å². The van der Waals surface area contributed by atoms with Gasteiger partial charge in [0.05, 0.1) is 12.6 Å². The second-order valence-electron chi connectivity index (χ2n) is 13.0. The van der Waals surface area contributed by atoms with Crippen LogP contribution in [0.2, 0.25) is 0 Å². The van der Waals surface area contributed by atoms with Gasteiger partial charge in [-0.3, -0.25) is 19.7 Å². The van der Waals surface area contributed by atoms with Gasteiger partial charge in [0.25, 0.3) is 5.91 Å². The predicted octanol–water partition coefficient (Wildman–Crippen LogP) is 3.50. The first-order valence-electron chi connectivity index (χ1n) is 14.9. The molecule has 0 aromatic heterocycles. The number of carbonyl (C=O) groups excluding carboxylic acids is 4. The van der Waals surface area contributed by atoms with Crippen LogP contribution in [0.3, 0.4) is 0 Å². The van der Waals surface area contributed by atoms with Crippen LogP contribution in [-0.2, 0) is 25.5 Å². The smallest absolute Gasteiger partial charge is 0.414 e. The van der Waals surface area contributed by atoms with Gasteiger partial charge in [0.1, 0.15) is 11.6 Å². The van der Waals surface area contributed by atoms with Gasteiger partial charge in [-0.15, -0.1) is 0 Å². The minimum Gasteiger partial charge on any atom is -0.444 e. The number of ether oxygens (including phenoxy) is 1. The van der Waals surface area contributed by atoms with Crippen molar-refractivity contribution in [2.45, 2.75) is 89.4 Å².